The van der Waals surface area contributed by atoms with E-state index in [9.17, 15) is 4.79 Å². The molecule has 42 heavy (non-hydrogen) atoms. The number of anilines is 1. The fraction of sp³-hybridized carbons (Fsp3) is 0.258. The standard InChI is InChI=1S/C31H30BrClN4O4S/c1-5-40-29(38)26-19(3)34-30-35-31(42-17-21-12-8-9-13-24(21)33)36-37(30)27(26)22-14-23(32)28(25(15-22)39-4)41-16-20-11-7-6-10-18(20)2/h6-15,27H,5,16-17H2,1-4H3,(H,34,35,36). The predicted octanol–water partition coefficient (Wildman–Crippen LogP) is 7.73. The second-order valence-electron chi connectivity index (χ2n) is 9.58. The molecule has 3 aromatic carbocycles. The highest BCUT2D eigenvalue weighted by atomic mass is 79.9. The minimum atomic E-state index is -0.627. The lowest BCUT2D eigenvalue weighted by Gasteiger charge is -2.28. The molecule has 0 aliphatic carbocycles. The maximum atomic E-state index is 13.3. The number of nitrogens with one attached hydrogen (secondary N) is 1. The van der Waals surface area contributed by atoms with Crippen LogP contribution in [0.1, 0.15) is 42.1 Å². The maximum Gasteiger partial charge on any atom is 0.338 e. The van der Waals surface area contributed by atoms with E-state index in [1.165, 1.54) is 11.8 Å². The van der Waals surface area contributed by atoms with Gasteiger partial charge in [0.15, 0.2) is 11.5 Å². The summed E-state index contributed by atoms with van der Waals surface area (Å²) >= 11 is 11.5. The second-order valence-corrected chi connectivity index (χ2v) is 11.8. The highest BCUT2D eigenvalue weighted by Gasteiger charge is 2.36. The van der Waals surface area contributed by atoms with Gasteiger partial charge in [-0.3, -0.25) is 0 Å². The number of carbonyl (C=O) groups is 1. The molecular formula is C31H30BrClN4O4S. The number of rotatable bonds is 10. The van der Waals surface area contributed by atoms with Gasteiger partial charge in [-0.2, -0.15) is 4.98 Å². The third kappa shape index (κ3) is 6.30. The van der Waals surface area contributed by atoms with E-state index in [0.717, 1.165) is 22.3 Å². The molecule has 0 radical (unpaired) electrons. The first-order valence-electron chi connectivity index (χ1n) is 13.3. The Labute approximate surface area is 262 Å². The minimum Gasteiger partial charge on any atom is -0.493 e. The van der Waals surface area contributed by atoms with Gasteiger partial charge in [-0.05, 0) is 77.2 Å². The number of allylic oxidation sites excluding steroid dienone is 1. The summed E-state index contributed by atoms with van der Waals surface area (Å²) in [5.41, 5.74) is 5.01. The van der Waals surface area contributed by atoms with Crippen molar-refractivity contribution in [1.82, 2.24) is 14.8 Å². The number of benzene rings is 3. The molecule has 0 amide bonds. The number of methoxy groups -OCH3 is 1. The molecule has 11 heteroatoms. The topological polar surface area (TPSA) is 87.5 Å². The van der Waals surface area contributed by atoms with Crippen molar-refractivity contribution in [3.05, 3.63) is 104 Å². The van der Waals surface area contributed by atoms with Gasteiger partial charge < -0.3 is 19.5 Å². The van der Waals surface area contributed by atoms with Crippen molar-refractivity contribution in [2.75, 3.05) is 19.0 Å². The molecule has 1 N–H and O–H groups in total. The Hall–Kier alpha value is -3.47. The SMILES string of the molecule is CCOC(=O)C1=C(C)Nc2nc(SCc3ccccc3Cl)nn2C1c1cc(Br)c(OCc2ccccc2C)c(OC)c1. The first-order chi connectivity index (χ1) is 20.3. The highest BCUT2D eigenvalue weighted by Crippen LogP contribution is 2.43. The molecular weight excluding hydrogens is 640 g/mol. The quantitative estimate of drug-likeness (QED) is 0.136. The van der Waals surface area contributed by atoms with Crippen LogP contribution in [0.2, 0.25) is 5.02 Å². The minimum absolute atomic E-state index is 0.240. The van der Waals surface area contributed by atoms with E-state index in [0.29, 0.717) is 55.7 Å². The number of esters is 1. The zero-order chi connectivity index (χ0) is 29.8. The number of thioether (sulfide) groups is 1. The zero-order valence-electron chi connectivity index (χ0n) is 23.6. The van der Waals surface area contributed by atoms with Gasteiger partial charge in [0.05, 0.1) is 23.8 Å². The number of hydrogen-bond acceptors (Lipinski definition) is 8. The van der Waals surface area contributed by atoms with Crippen LogP contribution < -0.4 is 14.8 Å². The van der Waals surface area contributed by atoms with E-state index in [1.807, 2.05) is 74.5 Å². The molecule has 1 aromatic heterocycles. The summed E-state index contributed by atoms with van der Waals surface area (Å²) in [6.07, 6.45) is 0. The molecule has 218 valence electrons. The fourth-order valence-corrected chi connectivity index (χ4v) is 6.38. The third-order valence-electron chi connectivity index (χ3n) is 6.84. The molecule has 0 saturated carbocycles. The van der Waals surface area contributed by atoms with E-state index < -0.39 is 12.0 Å². The maximum absolute atomic E-state index is 13.3. The number of fused-ring (bicyclic) bond motifs is 1. The van der Waals surface area contributed by atoms with Gasteiger partial charge in [-0.1, -0.05) is 65.8 Å². The number of aromatic nitrogens is 3. The number of nitrogens with zero attached hydrogens (tertiary/aromatic N) is 3. The summed E-state index contributed by atoms with van der Waals surface area (Å²) in [7, 11) is 1.59. The van der Waals surface area contributed by atoms with Crippen molar-refractivity contribution < 1.29 is 19.0 Å². The second kappa shape index (κ2) is 13.2. The van der Waals surface area contributed by atoms with Gasteiger partial charge in [-0.25, -0.2) is 9.48 Å². The van der Waals surface area contributed by atoms with Gasteiger partial charge in [0, 0.05) is 16.5 Å². The van der Waals surface area contributed by atoms with Crippen molar-refractivity contribution >= 4 is 51.2 Å². The van der Waals surface area contributed by atoms with Crippen molar-refractivity contribution in [2.24, 2.45) is 0 Å². The van der Waals surface area contributed by atoms with Crippen LogP contribution in [-0.4, -0.2) is 34.5 Å². The number of carbonyl (C=O) groups excluding carboxylic acids is 1. The molecule has 4 aromatic rings. The first kappa shape index (κ1) is 30.0. The summed E-state index contributed by atoms with van der Waals surface area (Å²) in [4.78, 5) is 18.0. The Bertz CT molecular complexity index is 1660. The highest BCUT2D eigenvalue weighted by molar-refractivity contribution is 9.10. The van der Waals surface area contributed by atoms with Crippen molar-refractivity contribution in [3.8, 4) is 11.5 Å². The summed E-state index contributed by atoms with van der Waals surface area (Å²) < 4.78 is 19.9. The summed E-state index contributed by atoms with van der Waals surface area (Å²) in [5.74, 6) is 1.75. The Kier molecular flexibility index (Phi) is 9.45. The third-order valence-corrected chi connectivity index (χ3v) is 8.69. The van der Waals surface area contributed by atoms with Crippen LogP contribution in [0.25, 0.3) is 0 Å². The van der Waals surface area contributed by atoms with Gasteiger partial charge >= 0.3 is 5.97 Å². The van der Waals surface area contributed by atoms with Crippen LogP contribution in [0.5, 0.6) is 11.5 Å². The van der Waals surface area contributed by atoms with Gasteiger partial charge in [0.2, 0.25) is 11.1 Å². The number of hydrogen-bond donors (Lipinski definition) is 1. The monoisotopic (exact) mass is 668 g/mol. The van der Waals surface area contributed by atoms with E-state index in [1.54, 1.807) is 18.7 Å². The Morgan fingerprint density at radius 2 is 1.86 bits per heavy atom. The lowest BCUT2D eigenvalue weighted by atomic mass is 9.95. The van der Waals surface area contributed by atoms with Gasteiger partial charge in [-0.15, -0.1) is 5.10 Å². The summed E-state index contributed by atoms with van der Waals surface area (Å²) in [6, 6.07) is 18.9. The molecule has 8 nitrogen and oxygen atoms in total. The van der Waals surface area contributed by atoms with Crippen LogP contribution in [0.4, 0.5) is 5.95 Å². The largest absolute Gasteiger partial charge is 0.493 e. The van der Waals surface area contributed by atoms with Crippen LogP contribution in [0.15, 0.2) is 81.6 Å². The van der Waals surface area contributed by atoms with E-state index in [4.69, 9.17) is 35.9 Å². The molecule has 0 spiro atoms. The average Bonchev–Trinajstić information content (AvgIpc) is 3.38. The van der Waals surface area contributed by atoms with Crippen LogP contribution in [0, 0.1) is 6.92 Å². The normalized spacial score (nSPS) is 14.3. The summed E-state index contributed by atoms with van der Waals surface area (Å²) in [6.45, 7) is 6.28. The van der Waals surface area contributed by atoms with E-state index >= 15 is 0 Å². The number of halogens is 2. The summed E-state index contributed by atoms with van der Waals surface area (Å²) in [5, 5.41) is 9.28. The molecule has 1 atom stereocenters. The average molecular weight is 670 g/mol. The molecule has 5 rings (SSSR count). The Morgan fingerprint density at radius 3 is 2.57 bits per heavy atom. The van der Waals surface area contributed by atoms with Crippen LogP contribution >= 0.6 is 39.3 Å². The predicted molar refractivity (Wildman–Crippen MR) is 168 cm³/mol. The molecule has 1 unspecified atom stereocenters. The zero-order valence-corrected chi connectivity index (χ0v) is 26.8. The van der Waals surface area contributed by atoms with E-state index in [2.05, 4.69) is 21.2 Å². The Balaban J connectivity index is 1.52. The van der Waals surface area contributed by atoms with Crippen molar-refractivity contribution in [2.45, 2.75) is 44.3 Å². The molecule has 1 aliphatic rings. The molecule has 0 saturated heterocycles. The van der Waals surface area contributed by atoms with Crippen LogP contribution in [-0.2, 0) is 21.9 Å². The number of aryl methyl sites for hydroxylation is 1. The van der Waals surface area contributed by atoms with Gasteiger partial charge in [0.1, 0.15) is 12.6 Å². The molecule has 1 aliphatic heterocycles. The first-order valence-corrected chi connectivity index (χ1v) is 15.5. The smallest absolute Gasteiger partial charge is 0.338 e. The lowest BCUT2D eigenvalue weighted by molar-refractivity contribution is -0.139. The van der Waals surface area contributed by atoms with Crippen molar-refractivity contribution in [3.63, 3.8) is 0 Å². The van der Waals surface area contributed by atoms with Gasteiger partial charge in [0.25, 0.3) is 0 Å². The molecule has 0 fully saturated rings. The fourth-order valence-electron chi connectivity index (χ4n) is 4.69. The molecule has 0 bridgehead atoms. The number of ether oxygens (including phenoxy) is 3. The molecule has 2 heterocycles. The van der Waals surface area contributed by atoms with E-state index in [-0.39, 0.29) is 6.61 Å². The van der Waals surface area contributed by atoms with Crippen LogP contribution in [0.3, 0.4) is 0 Å². The Morgan fingerprint density at radius 1 is 1.12 bits per heavy atom. The van der Waals surface area contributed by atoms with Crippen molar-refractivity contribution in [1.29, 1.82) is 0 Å². The lowest BCUT2D eigenvalue weighted by Crippen LogP contribution is -2.29.